The van der Waals surface area contributed by atoms with Crippen LogP contribution in [0, 0.1) is 0 Å². The van der Waals surface area contributed by atoms with E-state index in [0.29, 0.717) is 17.5 Å². The molecule has 0 fully saturated rings. The fourth-order valence-corrected chi connectivity index (χ4v) is 9.96. The molecule has 0 unspecified atom stereocenters. The second kappa shape index (κ2) is 16.4. The number of hydrogen-bond acceptors (Lipinski definition) is 4. The molecule has 0 atom stereocenters. The largest absolute Gasteiger partial charge is 0.455 e. The Balaban J connectivity index is 1.10. The molecule has 3 heterocycles. The molecule has 0 aliphatic heterocycles. The number of nitrogens with zero attached hydrogens (tertiary/aromatic N) is 4. The van der Waals surface area contributed by atoms with Crippen molar-refractivity contribution in [1.82, 2.24) is 19.5 Å². The molecular formula is C63H40N4O. The molecule has 5 nitrogen and oxygen atoms in total. The summed E-state index contributed by atoms with van der Waals surface area (Å²) in [6.07, 6.45) is 0. The Kier molecular flexibility index (Phi) is 9.43. The van der Waals surface area contributed by atoms with Crippen molar-refractivity contribution >= 4 is 43.7 Å². The average molecular weight is 869 g/mol. The number of fused-ring (bicyclic) bond motifs is 6. The van der Waals surface area contributed by atoms with Gasteiger partial charge in [0.25, 0.3) is 0 Å². The molecule has 0 bridgehead atoms. The summed E-state index contributed by atoms with van der Waals surface area (Å²) in [5.74, 6) is 1.76. The van der Waals surface area contributed by atoms with Gasteiger partial charge < -0.3 is 8.98 Å². The van der Waals surface area contributed by atoms with E-state index < -0.39 is 0 Å². The van der Waals surface area contributed by atoms with Crippen molar-refractivity contribution < 1.29 is 4.42 Å². The van der Waals surface area contributed by atoms with Gasteiger partial charge in [0.05, 0.1) is 11.0 Å². The van der Waals surface area contributed by atoms with E-state index in [0.717, 1.165) is 99.9 Å². The van der Waals surface area contributed by atoms with Gasteiger partial charge >= 0.3 is 0 Å². The number of para-hydroxylation sites is 3. The van der Waals surface area contributed by atoms with E-state index >= 15 is 0 Å². The summed E-state index contributed by atoms with van der Waals surface area (Å²) >= 11 is 0. The lowest BCUT2D eigenvalue weighted by Crippen LogP contribution is -2.01. The topological polar surface area (TPSA) is 56.7 Å². The number of furan rings is 1. The van der Waals surface area contributed by atoms with Crippen LogP contribution in [0.15, 0.2) is 247 Å². The van der Waals surface area contributed by atoms with E-state index in [1.165, 1.54) is 10.8 Å². The molecule has 0 aliphatic carbocycles. The third kappa shape index (κ3) is 6.68. The highest BCUT2D eigenvalue weighted by molar-refractivity contribution is 6.19. The van der Waals surface area contributed by atoms with Crippen molar-refractivity contribution in [3.05, 3.63) is 243 Å². The van der Waals surface area contributed by atoms with Crippen molar-refractivity contribution in [1.29, 1.82) is 0 Å². The van der Waals surface area contributed by atoms with Gasteiger partial charge in [-0.1, -0.05) is 206 Å². The van der Waals surface area contributed by atoms with Gasteiger partial charge in [0.2, 0.25) is 0 Å². The maximum atomic E-state index is 7.11. The van der Waals surface area contributed by atoms with E-state index in [1.807, 2.05) is 36.4 Å². The fourth-order valence-electron chi connectivity index (χ4n) is 9.96. The number of aromatic nitrogens is 4. The van der Waals surface area contributed by atoms with Gasteiger partial charge in [-0.25, -0.2) is 15.0 Å². The van der Waals surface area contributed by atoms with E-state index in [9.17, 15) is 0 Å². The average Bonchev–Trinajstić information content (AvgIpc) is 3.95. The number of hydrogen-bond donors (Lipinski definition) is 0. The summed E-state index contributed by atoms with van der Waals surface area (Å²) in [4.78, 5) is 15.8. The van der Waals surface area contributed by atoms with Crippen molar-refractivity contribution in [3.8, 4) is 84.4 Å². The molecule has 0 spiro atoms. The fraction of sp³-hybridized carbons (Fsp3) is 0. The maximum absolute atomic E-state index is 7.11. The second-order valence-corrected chi connectivity index (χ2v) is 17.1. The first-order valence-electron chi connectivity index (χ1n) is 22.9. The van der Waals surface area contributed by atoms with Gasteiger partial charge in [-0.3, -0.25) is 0 Å². The van der Waals surface area contributed by atoms with Crippen LogP contribution in [-0.2, 0) is 0 Å². The van der Waals surface area contributed by atoms with Crippen LogP contribution in [0.25, 0.3) is 128 Å². The van der Waals surface area contributed by atoms with E-state index in [4.69, 9.17) is 19.4 Å². The highest BCUT2D eigenvalue weighted by Gasteiger charge is 2.23. The van der Waals surface area contributed by atoms with Crippen LogP contribution in [0.3, 0.4) is 0 Å². The predicted octanol–water partition coefficient (Wildman–Crippen LogP) is 16.5. The quantitative estimate of drug-likeness (QED) is 0.153. The SMILES string of the molecule is c1ccc(-c2nc(-c3ccccc3)nc(-c3cc(-c4c(-c5ccccc5)cccc4-c4ccccc4)ccc3-c3cccc4c3oc3cc5c(cc34)c3ccccc3n5-c3ccccc3)n2)cc1. The zero-order valence-electron chi connectivity index (χ0n) is 36.8. The first-order chi connectivity index (χ1) is 33.7. The minimum absolute atomic E-state index is 0.565. The predicted molar refractivity (Wildman–Crippen MR) is 279 cm³/mol. The smallest absolute Gasteiger partial charge is 0.164 e. The van der Waals surface area contributed by atoms with Gasteiger partial charge in [0, 0.05) is 55.6 Å². The van der Waals surface area contributed by atoms with Crippen molar-refractivity contribution in [3.63, 3.8) is 0 Å². The minimum atomic E-state index is 0.565. The normalized spacial score (nSPS) is 11.5. The Bertz CT molecular complexity index is 3880. The molecule has 3 aromatic heterocycles. The molecule has 5 heteroatoms. The maximum Gasteiger partial charge on any atom is 0.164 e. The molecule has 10 aromatic carbocycles. The molecule has 68 heavy (non-hydrogen) atoms. The van der Waals surface area contributed by atoms with Crippen molar-refractivity contribution in [2.24, 2.45) is 0 Å². The number of benzene rings is 10. The molecule has 0 N–H and O–H groups in total. The van der Waals surface area contributed by atoms with Crippen LogP contribution >= 0.6 is 0 Å². The van der Waals surface area contributed by atoms with E-state index in [2.05, 4.69) is 211 Å². The lowest BCUT2D eigenvalue weighted by Gasteiger charge is -2.19. The molecule has 0 saturated heterocycles. The van der Waals surface area contributed by atoms with Crippen LogP contribution < -0.4 is 0 Å². The molecule has 0 aliphatic rings. The third-order valence-electron chi connectivity index (χ3n) is 13.1. The summed E-state index contributed by atoms with van der Waals surface area (Å²) in [7, 11) is 0. The van der Waals surface area contributed by atoms with Crippen LogP contribution in [-0.4, -0.2) is 19.5 Å². The highest BCUT2D eigenvalue weighted by Crippen LogP contribution is 2.46. The molecule has 13 aromatic rings. The summed E-state index contributed by atoms with van der Waals surface area (Å²) in [6, 6.07) is 85.1. The van der Waals surface area contributed by atoms with Gasteiger partial charge in [0.1, 0.15) is 11.2 Å². The zero-order valence-corrected chi connectivity index (χ0v) is 36.8. The molecule has 0 amide bonds. The van der Waals surface area contributed by atoms with E-state index in [-0.39, 0.29) is 0 Å². The van der Waals surface area contributed by atoms with Crippen LogP contribution in [0.4, 0.5) is 0 Å². The second-order valence-electron chi connectivity index (χ2n) is 17.1. The Morgan fingerprint density at radius 1 is 0.294 bits per heavy atom. The Morgan fingerprint density at radius 2 is 0.809 bits per heavy atom. The third-order valence-corrected chi connectivity index (χ3v) is 13.1. The van der Waals surface area contributed by atoms with Gasteiger partial charge in [-0.05, 0) is 69.3 Å². The molecular weight excluding hydrogens is 829 g/mol. The first kappa shape index (κ1) is 39.2. The standard InChI is InChI=1S/C63H40N4O/c1-6-20-41(21-7-1)47-31-18-32-48(42-22-8-2-9-23-42)59(47)45-36-37-49(55(38-45)63-65-61(43-24-10-3-11-25-43)64-62(66-63)44-26-12-4-13-27-44)51-33-19-34-52-54-39-53-50-30-16-17-35-56(50)67(46-28-14-5-15-29-46)57(53)40-58(54)68-60(51)52/h1-40H. The van der Waals surface area contributed by atoms with Crippen molar-refractivity contribution in [2.45, 2.75) is 0 Å². The van der Waals surface area contributed by atoms with Gasteiger partial charge in [-0.2, -0.15) is 0 Å². The molecule has 13 rings (SSSR count). The number of rotatable bonds is 8. The lowest BCUT2D eigenvalue weighted by molar-refractivity contribution is 0.670. The summed E-state index contributed by atoms with van der Waals surface area (Å²) in [6.45, 7) is 0. The Hall–Kier alpha value is -9.19. The zero-order chi connectivity index (χ0) is 45.0. The molecule has 318 valence electrons. The van der Waals surface area contributed by atoms with Crippen LogP contribution in [0.2, 0.25) is 0 Å². The van der Waals surface area contributed by atoms with E-state index in [1.54, 1.807) is 0 Å². The summed E-state index contributed by atoms with van der Waals surface area (Å²) < 4.78 is 9.45. The van der Waals surface area contributed by atoms with Crippen molar-refractivity contribution in [2.75, 3.05) is 0 Å². The lowest BCUT2D eigenvalue weighted by atomic mass is 9.85. The van der Waals surface area contributed by atoms with Gasteiger partial charge in [0.15, 0.2) is 17.5 Å². The summed E-state index contributed by atoms with van der Waals surface area (Å²) in [5, 5.41) is 4.47. The first-order valence-corrected chi connectivity index (χ1v) is 22.9. The van der Waals surface area contributed by atoms with Gasteiger partial charge in [-0.15, -0.1) is 0 Å². The minimum Gasteiger partial charge on any atom is -0.455 e. The highest BCUT2D eigenvalue weighted by atomic mass is 16.3. The Morgan fingerprint density at radius 3 is 1.44 bits per heavy atom. The van der Waals surface area contributed by atoms with Crippen LogP contribution in [0.5, 0.6) is 0 Å². The molecule has 0 saturated carbocycles. The Labute approximate surface area is 392 Å². The monoisotopic (exact) mass is 868 g/mol. The summed E-state index contributed by atoms with van der Waals surface area (Å²) in [5.41, 5.74) is 16.2. The molecule has 0 radical (unpaired) electrons. The van der Waals surface area contributed by atoms with Crippen LogP contribution in [0.1, 0.15) is 0 Å².